The number of piperidine rings is 1. The van der Waals surface area contributed by atoms with Gasteiger partial charge in [0.1, 0.15) is 5.60 Å². The number of sulfone groups is 1. The smallest absolute Gasteiger partial charge is 0.407 e. The lowest BCUT2D eigenvalue weighted by molar-refractivity contribution is 0.0497. The number of benzene rings is 1. The lowest BCUT2D eigenvalue weighted by Gasteiger charge is -2.35. The van der Waals surface area contributed by atoms with Crippen LogP contribution in [-0.4, -0.2) is 57.4 Å². The molecule has 1 aromatic rings. The predicted octanol–water partition coefficient (Wildman–Crippen LogP) is 1.65. The van der Waals surface area contributed by atoms with Crippen molar-refractivity contribution in [3.63, 3.8) is 0 Å². The number of aliphatic imine (C=N–C) groups is 1. The molecule has 0 spiro atoms. The van der Waals surface area contributed by atoms with Crippen molar-refractivity contribution in [1.82, 2.24) is 5.32 Å². The van der Waals surface area contributed by atoms with Crippen molar-refractivity contribution in [2.75, 3.05) is 24.2 Å². The number of rotatable bonds is 4. The molecule has 5 N–H and O–H groups in total. The topological polar surface area (TPSA) is 157 Å². The molecule has 0 saturated carbocycles. The highest BCUT2D eigenvalue weighted by Gasteiger charge is 2.28. The summed E-state index contributed by atoms with van der Waals surface area (Å²) in [6.07, 6.45) is 1.71. The normalized spacial score (nSPS) is 15.3. The maximum atomic E-state index is 12.4. The predicted molar refractivity (Wildman–Crippen MR) is 119 cm³/mol. The average molecular weight is 474 g/mol. The summed E-state index contributed by atoms with van der Waals surface area (Å²) in [5.74, 6) is -1.28. The number of nitrogens with zero attached hydrogens (tertiary/aromatic N) is 2. The van der Waals surface area contributed by atoms with Crippen molar-refractivity contribution < 1.29 is 22.7 Å². The Morgan fingerprint density at radius 2 is 1.81 bits per heavy atom. The summed E-state index contributed by atoms with van der Waals surface area (Å²) in [6, 6.07) is 2.51. The maximum Gasteiger partial charge on any atom is 0.407 e. The minimum absolute atomic E-state index is 0.0337. The summed E-state index contributed by atoms with van der Waals surface area (Å²) in [4.78, 5) is 29.4. The molecule has 1 aliphatic rings. The van der Waals surface area contributed by atoms with Gasteiger partial charge in [-0.2, -0.15) is 4.99 Å². The third-order valence-corrected chi connectivity index (χ3v) is 5.90. The quantitative estimate of drug-likeness (QED) is 0.440. The summed E-state index contributed by atoms with van der Waals surface area (Å²) in [5.41, 5.74) is 10.1. The van der Waals surface area contributed by atoms with Gasteiger partial charge in [0.05, 0.1) is 21.2 Å². The molecule has 10 nitrogen and oxygen atoms in total. The zero-order chi connectivity index (χ0) is 23.6. The van der Waals surface area contributed by atoms with Gasteiger partial charge in [0.15, 0.2) is 15.8 Å². The van der Waals surface area contributed by atoms with Crippen LogP contribution >= 0.6 is 11.6 Å². The number of carbonyl (C=O) groups is 2. The Labute approximate surface area is 186 Å². The Hall–Kier alpha value is -2.53. The molecular weight excluding hydrogens is 446 g/mol. The molecule has 1 fully saturated rings. The maximum absolute atomic E-state index is 12.4. The second-order valence-corrected chi connectivity index (χ2v) is 10.7. The van der Waals surface area contributed by atoms with E-state index in [9.17, 15) is 18.0 Å². The number of hydrogen-bond acceptors (Lipinski definition) is 6. The summed E-state index contributed by atoms with van der Waals surface area (Å²) in [5, 5.41) is 2.86. The fourth-order valence-electron chi connectivity index (χ4n) is 3.17. The number of amides is 2. The first-order valence-corrected chi connectivity index (χ1v) is 11.9. The standard InChI is InChI=1S/C19H28ClN5O5S/c1-19(2,3)30-18(27)23-11-5-7-25(8-6-11)14-10-13(20)12(16(26)24-17(21)22)9-15(14)31(4,28)29/h9-11H,5-8H2,1-4H3,(H,23,27)(H4,21,22,24,26). The summed E-state index contributed by atoms with van der Waals surface area (Å²) >= 11 is 6.24. The van der Waals surface area contributed by atoms with Crippen molar-refractivity contribution in [2.24, 2.45) is 16.5 Å². The first-order valence-electron chi connectivity index (χ1n) is 9.59. The Balaban J connectivity index is 2.24. The lowest BCUT2D eigenvalue weighted by Crippen LogP contribution is -2.46. The van der Waals surface area contributed by atoms with E-state index in [0.29, 0.717) is 31.6 Å². The van der Waals surface area contributed by atoms with Gasteiger partial charge in [-0.3, -0.25) is 4.79 Å². The zero-order valence-electron chi connectivity index (χ0n) is 17.9. The number of guanidine groups is 1. The molecule has 2 amide bonds. The van der Waals surface area contributed by atoms with Crippen LogP contribution in [0.5, 0.6) is 0 Å². The Morgan fingerprint density at radius 1 is 1.23 bits per heavy atom. The highest BCUT2D eigenvalue weighted by molar-refractivity contribution is 7.90. The molecule has 31 heavy (non-hydrogen) atoms. The van der Waals surface area contributed by atoms with Gasteiger partial charge >= 0.3 is 6.09 Å². The average Bonchev–Trinajstić information content (AvgIpc) is 2.58. The third kappa shape index (κ3) is 7.00. The van der Waals surface area contributed by atoms with Crippen LogP contribution in [0.25, 0.3) is 0 Å². The van der Waals surface area contributed by atoms with Crippen LogP contribution in [-0.2, 0) is 14.6 Å². The lowest BCUT2D eigenvalue weighted by atomic mass is 10.0. The largest absolute Gasteiger partial charge is 0.444 e. The molecule has 0 atom stereocenters. The Bertz CT molecular complexity index is 992. The molecule has 0 bridgehead atoms. The van der Waals surface area contributed by atoms with Gasteiger partial charge in [0.25, 0.3) is 5.91 Å². The number of alkyl carbamates (subject to hydrolysis) is 1. The van der Waals surface area contributed by atoms with Gasteiger partial charge in [0, 0.05) is 25.4 Å². The molecule has 0 unspecified atom stereocenters. The molecule has 12 heteroatoms. The number of nitrogens with one attached hydrogen (secondary N) is 1. The van der Waals surface area contributed by atoms with E-state index in [1.807, 2.05) is 4.90 Å². The minimum Gasteiger partial charge on any atom is -0.444 e. The van der Waals surface area contributed by atoms with Gasteiger partial charge in [-0.15, -0.1) is 0 Å². The second-order valence-electron chi connectivity index (χ2n) is 8.32. The number of anilines is 1. The first-order chi connectivity index (χ1) is 14.2. The monoisotopic (exact) mass is 473 g/mol. The van der Waals surface area contributed by atoms with Gasteiger partial charge in [-0.25, -0.2) is 13.2 Å². The molecule has 1 aromatic carbocycles. The first kappa shape index (κ1) is 24.7. The van der Waals surface area contributed by atoms with E-state index >= 15 is 0 Å². The highest BCUT2D eigenvalue weighted by Crippen LogP contribution is 2.33. The van der Waals surface area contributed by atoms with Crippen LogP contribution in [0.4, 0.5) is 10.5 Å². The van der Waals surface area contributed by atoms with Crippen LogP contribution in [0, 0.1) is 0 Å². The molecule has 2 rings (SSSR count). The van der Waals surface area contributed by atoms with Gasteiger partial charge in [0.2, 0.25) is 0 Å². The van der Waals surface area contributed by atoms with Gasteiger partial charge in [-0.05, 0) is 45.7 Å². The number of ether oxygens (including phenoxy) is 1. The molecule has 1 aliphatic heterocycles. The summed E-state index contributed by atoms with van der Waals surface area (Å²) in [6.45, 7) is 6.30. The molecular formula is C19H28ClN5O5S. The fourth-order valence-corrected chi connectivity index (χ4v) is 4.31. The highest BCUT2D eigenvalue weighted by atomic mass is 35.5. The minimum atomic E-state index is -3.69. The van der Waals surface area contributed by atoms with E-state index in [1.165, 1.54) is 12.1 Å². The van der Waals surface area contributed by atoms with Crippen LogP contribution in [0.1, 0.15) is 44.0 Å². The molecule has 0 aliphatic carbocycles. The van der Waals surface area contributed by atoms with E-state index < -0.39 is 33.4 Å². The molecule has 1 heterocycles. The Kier molecular flexibility index (Phi) is 7.43. The molecule has 1 saturated heterocycles. The van der Waals surface area contributed by atoms with Crippen molar-refractivity contribution in [3.05, 3.63) is 22.7 Å². The van der Waals surface area contributed by atoms with Gasteiger partial charge in [-0.1, -0.05) is 11.6 Å². The second kappa shape index (κ2) is 9.31. The van der Waals surface area contributed by atoms with Crippen molar-refractivity contribution in [1.29, 1.82) is 0 Å². The van der Waals surface area contributed by atoms with Crippen LogP contribution in [0.2, 0.25) is 5.02 Å². The van der Waals surface area contributed by atoms with E-state index in [1.54, 1.807) is 20.8 Å². The number of halogens is 1. The van der Waals surface area contributed by atoms with Gasteiger partial charge < -0.3 is 26.4 Å². The SMILES string of the molecule is CC(C)(C)OC(=O)NC1CCN(c2cc(Cl)c(C(=O)N=C(N)N)cc2S(C)(=O)=O)CC1. The number of hydrogen-bond donors (Lipinski definition) is 3. The Morgan fingerprint density at radius 3 is 2.29 bits per heavy atom. The van der Waals surface area contributed by atoms with Crippen molar-refractivity contribution >= 4 is 45.1 Å². The van der Waals surface area contributed by atoms with E-state index in [2.05, 4.69) is 10.3 Å². The fraction of sp³-hybridized carbons (Fsp3) is 0.526. The van der Waals surface area contributed by atoms with Crippen LogP contribution in [0.15, 0.2) is 22.0 Å². The number of carbonyl (C=O) groups excluding carboxylic acids is 2. The van der Waals surface area contributed by atoms with E-state index in [4.69, 9.17) is 27.8 Å². The molecule has 0 radical (unpaired) electrons. The molecule has 172 valence electrons. The third-order valence-electron chi connectivity index (χ3n) is 4.47. The van der Waals surface area contributed by atoms with Crippen molar-refractivity contribution in [3.8, 4) is 0 Å². The zero-order valence-corrected chi connectivity index (χ0v) is 19.5. The molecule has 0 aromatic heterocycles. The summed E-state index contributed by atoms with van der Waals surface area (Å²) in [7, 11) is -3.69. The van der Waals surface area contributed by atoms with E-state index in [0.717, 1.165) is 6.26 Å². The van der Waals surface area contributed by atoms with Crippen LogP contribution < -0.4 is 21.7 Å². The van der Waals surface area contributed by atoms with Crippen LogP contribution in [0.3, 0.4) is 0 Å². The summed E-state index contributed by atoms with van der Waals surface area (Å²) < 4.78 is 30.1. The van der Waals surface area contributed by atoms with E-state index in [-0.39, 0.29) is 21.5 Å². The van der Waals surface area contributed by atoms with Crippen molar-refractivity contribution in [2.45, 2.75) is 50.2 Å². The number of nitrogens with two attached hydrogens (primary N) is 2.